The summed E-state index contributed by atoms with van der Waals surface area (Å²) in [6, 6.07) is 5.88. The molecule has 1 aliphatic carbocycles. The average molecular weight is 260 g/mol. The molecular formula is C16H24N2O. The predicted molar refractivity (Wildman–Crippen MR) is 79.0 cm³/mol. The van der Waals surface area contributed by atoms with Crippen LogP contribution in [-0.2, 0) is 0 Å². The SMILES string of the molecule is Cc1cccc(N)c1C(=O)NC1CC(C)CC(C)C1. The van der Waals surface area contributed by atoms with Gasteiger partial charge in [0.1, 0.15) is 0 Å². The Morgan fingerprint density at radius 1 is 1.21 bits per heavy atom. The standard InChI is InChI=1S/C16H24N2O/c1-10-7-11(2)9-13(8-10)18-16(19)15-12(3)5-4-6-14(15)17/h4-6,10-11,13H,7-9,17H2,1-3H3,(H,18,19). The fourth-order valence-electron chi connectivity index (χ4n) is 3.32. The van der Waals surface area contributed by atoms with Crippen LogP contribution in [0.5, 0.6) is 0 Å². The largest absolute Gasteiger partial charge is 0.398 e. The Hall–Kier alpha value is -1.51. The van der Waals surface area contributed by atoms with Gasteiger partial charge in [-0.1, -0.05) is 26.0 Å². The molecule has 2 rings (SSSR count). The van der Waals surface area contributed by atoms with Crippen molar-refractivity contribution in [3.8, 4) is 0 Å². The van der Waals surface area contributed by atoms with Gasteiger partial charge in [0.15, 0.2) is 0 Å². The molecule has 1 fully saturated rings. The highest BCUT2D eigenvalue weighted by Gasteiger charge is 2.26. The highest BCUT2D eigenvalue weighted by Crippen LogP contribution is 2.29. The molecular weight excluding hydrogens is 236 g/mol. The van der Waals surface area contributed by atoms with E-state index in [9.17, 15) is 4.79 Å². The maximum absolute atomic E-state index is 12.4. The summed E-state index contributed by atoms with van der Waals surface area (Å²) in [4.78, 5) is 12.4. The van der Waals surface area contributed by atoms with Gasteiger partial charge >= 0.3 is 0 Å². The lowest BCUT2D eigenvalue weighted by molar-refractivity contribution is 0.0911. The first-order valence-corrected chi connectivity index (χ1v) is 7.13. The van der Waals surface area contributed by atoms with Crippen LogP contribution >= 0.6 is 0 Å². The van der Waals surface area contributed by atoms with Crippen LogP contribution in [0.25, 0.3) is 0 Å². The number of hydrogen-bond acceptors (Lipinski definition) is 2. The number of nitrogens with two attached hydrogens (primary N) is 1. The smallest absolute Gasteiger partial charge is 0.253 e. The molecule has 0 spiro atoms. The normalized spacial score (nSPS) is 27.0. The fourth-order valence-corrected chi connectivity index (χ4v) is 3.32. The second-order valence-corrected chi connectivity index (χ2v) is 6.13. The molecule has 1 aromatic carbocycles. The van der Waals surface area contributed by atoms with E-state index in [1.54, 1.807) is 6.07 Å². The number of rotatable bonds is 2. The minimum atomic E-state index is -0.0260. The quantitative estimate of drug-likeness (QED) is 0.803. The highest BCUT2D eigenvalue weighted by molar-refractivity contribution is 6.00. The van der Waals surface area contributed by atoms with Gasteiger partial charge in [0.25, 0.3) is 5.91 Å². The third kappa shape index (κ3) is 3.28. The molecule has 1 aliphatic rings. The Labute approximate surface area is 115 Å². The van der Waals surface area contributed by atoms with Crippen molar-refractivity contribution in [2.24, 2.45) is 11.8 Å². The molecule has 2 unspecified atom stereocenters. The minimum Gasteiger partial charge on any atom is -0.398 e. The van der Waals surface area contributed by atoms with Crippen LogP contribution in [0, 0.1) is 18.8 Å². The number of carbonyl (C=O) groups excluding carboxylic acids is 1. The Morgan fingerprint density at radius 3 is 2.42 bits per heavy atom. The number of nitrogens with one attached hydrogen (secondary N) is 1. The van der Waals surface area contributed by atoms with Crippen LogP contribution in [0.2, 0.25) is 0 Å². The van der Waals surface area contributed by atoms with Gasteiger partial charge in [-0.25, -0.2) is 0 Å². The first kappa shape index (κ1) is 13.9. The van der Waals surface area contributed by atoms with Gasteiger partial charge in [-0.15, -0.1) is 0 Å². The molecule has 0 heterocycles. The zero-order chi connectivity index (χ0) is 14.0. The summed E-state index contributed by atoms with van der Waals surface area (Å²) in [5, 5.41) is 3.16. The van der Waals surface area contributed by atoms with Gasteiger partial charge in [-0.3, -0.25) is 4.79 Å². The molecule has 0 bridgehead atoms. The zero-order valence-corrected chi connectivity index (χ0v) is 12.1. The van der Waals surface area contributed by atoms with Crippen molar-refractivity contribution in [2.45, 2.75) is 46.1 Å². The zero-order valence-electron chi connectivity index (χ0n) is 12.1. The topological polar surface area (TPSA) is 55.1 Å². The third-order valence-electron chi connectivity index (χ3n) is 4.05. The molecule has 3 nitrogen and oxygen atoms in total. The van der Waals surface area contributed by atoms with Gasteiger partial charge in [-0.2, -0.15) is 0 Å². The number of aryl methyl sites for hydroxylation is 1. The lowest BCUT2D eigenvalue weighted by atomic mass is 9.80. The number of benzene rings is 1. The van der Waals surface area contributed by atoms with E-state index in [0.29, 0.717) is 23.1 Å². The lowest BCUT2D eigenvalue weighted by Crippen LogP contribution is -2.40. The van der Waals surface area contributed by atoms with Crippen molar-refractivity contribution in [1.82, 2.24) is 5.32 Å². The second-order valence-electron chi connectivity index (χ2n) is 6.13. The number of anilines is 1. The summed E-state index contributed by atoms with van der Waals surface area (Å²) in [7, 11) is 0. The molecule has 1 amide bonds. The predicted octanol–water partition coefficient (Wildman–Crippen LogP) is 3.13. The molecule has 19 heavy (non-hydrogen) atoms. The lowest BCUT2D eigenvalue weighted by Gasteiger charge is -2.32. The maximum atomic E-state index is 12.4. The molecule has 2 atom stereocenters. The molecule has 1 saturated carbocycles. The van der Waals surface area contributed by atoms with Crippen LogP contribution < -0.4 is 11.1 Å². The van der Waals surface area contributed by atoms with Crippen molar-refractivity contribution in [3.05, 3.63) is 29.3 Å². The van der Waals surface area contributed by atoms with E-state index in [-0.39, 0.29) is 11.9 Å². The summed E-state index contributed by atoms with van der Waals surface area (Å²) in [5.41, 5.74) is 8.06. The Bertz CT molecular complexity index is 440. The number of carbonyl (C=O) groups is 1. The van der Waals surface area contributed by atoms with E-state index in [4.69, 9.17) is 5.73 Å². The number of amides is 1. The van der Waals surface area contributed by atoms with Crippen molar-refractivity contribution in [1.29, 1.82) is 0 Å². The van der Waals surface area contributed by atoms with Crippen LogP contribution in [0.15, 0.2) is 18.2 Å². The van der Waals surface area contributed by atoms with Crippen LogP contribution in [0.4, 0.5) is 5.69 Å². The summed E-state index contributed by atoms with van der Waals surface area (Å²) in [6.07, 6.45) is 3.41. The monoisotopic (exact) mass is 260 g/mol. The van der Waals surface area contributed by atoms with Crippen LogP contribution in [0.1, 0.15) is 49.0 Å². The molecule has 0 aliphatic heterocycles. The third-order valence-corrected chi connectivity index (χ3v) is 4.05. The maximum Gasteiger partial charge on any atom is 0.253 e. The van der Waals surface area contributed by atoms with Crippen molar-refractivity contribution < 1.29 is 4.79 Å². The second kappa shape index (κ2) is 5.64. The van der Waals surface area contributed by atoms with Gasteiger partial charge in [0, 0.05) is 11.7 Å². The molecule has 3 N–H and O–H groups in total. The van der Waals surface area contributed by atoms with Crippen molar-refractivity contribution in [3.63, 3.8) is 0 Å². The van der Waals surface area contributed by atoms with Crippen molar-refractivity contribution in [2.75, 3.05) is 5.73 Å². The van der Waals surface area contributed by atoms with Gasteiger partial charge < -0.3 is 11.1 Å². The molecule has 104 valence electrons. The summed E-state index contributed by atoms with van der Waals surface area (Å²) >= 11 is 0. The van der Waals surface area contributed by atoms with E-state index < -0.39 is 0 Å². The summed E-state index contributed by atoms with van der Waals surface area (Å²) in [6.45, 7) is 6.45. The molecule has 0 radical (unpaired) electrons. The van der Waals surface area contributed by atoms with E-state index in [2.05, 4.69) is 19.2 Å². The molecule has 3 heteroatoms. The summed E-state index contributed by atoms with van der Waals surface area (Å²) < 4.78 is 0. The van der Waals surface area contributed by atoms with E-state index in [1.807, 2.05) is 19.1 Å². The Balaban J connectivity index is 2.09. The number of hydrogen-bond donors (Lipinski definition) is 2. The Kier molecular flexibility index (Phi) is 4.13. The first-order valence-electron chi connectivity index (χ1n) is 7.13. The molecule has 0 saturated heterocycles. The highest BCUT2D eigenvalue weighted by atomic mass is 16.1. The van der Waals surface area contributed by atoms with Gasteiger partial charge in [0.2, 0.25) is 0 Å². The van der Waals surface area contributed by atoms with Gasteiger partial charge in [0.05, 0.1) is 5.56 Å². The first-order chi connectivity index (χ1) is 8.97. The van der Waals surface area contributed by atoms with E-state index >= 15 is 0 Å². The minimum absolute atomic E-state index is 0.0260. The van der Waals surface area contributed by atoms with E-state index in [0.717, 1.165) is 18.4 Å². The average Bonchev–Trinajstić information content (AvgIpc) is 2.26. The molecule has 1 aromatic rings. The summed E-state index contributed by atoms with van der Waals surface area (Å²) in [5.74, 6) is 1.34. The van der Waals surface area contributed by atoms with Crippen molar-refractivity contribution >= 4 is 11.6 Å². The molecule has 0 aromatic heterocycles. The van der Waals surface area contributed by atoms with Crippen LogP contribution in [0.3, 0.4) is 0 Å². The fraction of sp³-hybridized carbons (Fsp3) is 0.562. The van der Waals surface area contributed by atoms with Gasteiger partial charge in [-0.05, 0) is 49.7 Å². The number of nitrogen functional groups attached to an aromatic ring is 1. The van der Waals surface area contributed by atoms with Crippen LogP contribution in [-0.4, -0.2) is 11.9 Å². The Morgan fingerprint density at radius 2 is 1.84 bits per heavy atom. The van der Waals surface area contributed by atoms with E-state index in [1.165, 1.54) is 6.42 Å².